The first-order valence-corrected chi connectivity index (χ1v) is 13.3. The van der Waals surface area contributed by atoms with E-state index in [1.807, 2.05) is 19.9 Å². The molecule has 1 saturated carbocycles. The number of pyridine rings is 1. The lowest BCUT2D eigenvalue weighted by Gasteiger charge is -2.14. The fourth-order valence-corrected chi connectivity index (χ4v) is 6.61. The van der Waals surface area contributed by atoms with E-state index in [1.54, 1.807) is 38.2 Å². The maximum absolute atomic E-state index is 13.3. The fourth-order valence-electron chi connectivity index (χ4n) is 4.18. The zero-order valence-electron chi connectivity index (χ0n) is 19.2. The molecule has 1 fully saturated rings. The average molecular weight is 485 g/mol. The van der Waals surface area contributed by atoms with E-state index in [4.69, 9.17) is 0 Å². The quantitative estimate of drug-likeness (QED) is 0.490. The van der Waals surface area contributed by atoms with Gasteiger partial charge in [-0.2, -0.15) is 0 Å². The van der Waals surface area contributed by atoms with Crippen molar-refractivity contribution in [1.29, 1.82) is 0 Å². The molecule has 0 aliphatic heterocycles. The van der Waals surface area contributed by atoms with Gasteiger partial charge in [0.05, 0.1) is 26.8 Å². The van der Waals surface area contributed by atoms with Crippen LogP contribution in [0, 0.1) is 33.6 Å². The molecular weight excluding hydrogens is 456 g/mol. The Labute approximate surface area is 198 Å². The highest BCUT2D eigenvalue weighted by molar-refractivity contribution is 7.92. The summed E-state index contributed by atoms with van der Waals surface area (Å²) in [6, 6.07) is 7.12. The van der Waals surface area contributed by atoms with Crippen molar-refractivity contribution in [3.63, 3.8) is 0 Å². The van der Waals surface area contributed by atoms with E-state index >= 15 is 0 Å². The number of carbonyl (C=O) groups excluding carboxylic acids is 1. The number of aromatic nitrogens is 2. The van der Waals surface area contributed by atoms with Crippen molar-refractivity contribution in [3.05, 3.63) is 53.0 Å². The SMILES string of the molecule is Cc1ccc(-c2sc(NC(=O)C3CCCC3)nc2C)cc1S(=O)(=O)Nc1c(C)ccnc1C. The van der Waals surface area contributed by atoms with Gasteiger partial charge >= 0.3 is 0 Å². The van der Waals surface area contributed by atoms with Gasteiger partial charge < -0.3 is 5.32 Å². The van der Waals surface area contributed by atoms with Gasteiger partial charge in [0, 0.05) is 12.1 Å². The highest BCUT2D eigenvalue weighted by Gasteiger charge is 2.25. The largest absolute Gasteiger partial charge is 0.302 e. The van der Waals surface area contributed by atoms with E-state index < -0.39 is 10.0 Å². The monoisotopic (exact) mass is 484 g/mol. The molecule has 2 heterocycles. The molecule has 2 aromatic heterocycles. The maximum atomic E-state index is 13.3. The van der Waals surface area contributed by atoms with Crippen LogP contribution in [0.1, 0.15) is 48.2 Å². The Kier molecular flexibility index (Phi) is 6.54. The second-order valence-electron chi connectivity index (χ2n) is 8.58. The average Bonchev–Trinajstić information content (AvgIpc) is 3.41. The van der Waals surface area contributed by atoms with Crippen LogP contribution in [0.4, 0.5) is 10.8 Å². The predicted octanol–water partition coefficient (Wildman–Crippen LogP) is 5.37. The summed E-state index contributed by atoms with van der Waals surface area (Å²) in [5, 5.41) is 3.49. The van der Waals surface area contributed by atoms with Crippen molar-refractivity contribution in [2.24, 2.45) is 5.92 Å². The van der Waals surface area contributed by atoms with Gasteiger partial charge in [-0.3, -0.25) is 14.5 Å². The third-order valence-electron chi connectivity index (χ3n) is 6.08. The molecule has 0 radical (unpaired) electrons. The third kappa shape index (κ3) is 4.94. The van der Waals surface area contributed by atoms with Crippen molar-refractivity contribution < 1.29 is 13.2 Å². The summed E-state index contributed by atoms with van der Waals surface area (Å²) in [6.45, 7) is 7.26. The zero-order valence-corrected chi connectivity index (χ0v) is 20.9. The van der Waals surface area contributed by atoms with Crippen molar-refractivity contribution in [2.75, 3.05) is 10.0 Å². The number of thiazole rings is 1. The highest BCUT2D eigenvalue weighted by atomic mass is 32.2. The predicted molar refractivity (Wildman–Crippen MR) is 132 cm³/mol. The minimum Gasteiger partial charge on any atom is -0.302 e. The van der Waals surface area contributed by atoms with Crippen LogP contribution in [0.15, 0.2) is 35.4 Å². The van der Waals surface area contributed by atoms with E-state index in [9.17, 15) is 13.2 Å². The number of rotatable bonds is 6. The van der Waals surface area contributed by atoms with Crippen LogP contribution < -0.4 is 10.0 Å². The molecule has 0 bridgehead atoms. The third-order valence-corrected chi connectivity index (χ3v) is 8.69. The Morgan fingerprint density at radius 2 is 1.76 bits per heavy atom. The lowest BCUT2D eigenvalue weighted by molar-refractivity contribution is -0.119. The zero-order chi connectivity index (χ0) is 23.8. The summed E-state index contributed by atoms with van der Waals surface area (Å²) in [6.07, 6.45) is 5.68. The standard InChI is InChI=1S/C24H28N4O3S2/c1-14-9-10-19(13-20(14)33(30,31)28-21-15(2)11-12-25-16(21)3)22-17(4)26-24(32-22)27-23(29)18-7-5-6-8-18/h9-13,18,28H,5-8H2,1-4H3,(H,26,27,29). The summed E-state index contributed by atoms with van der Waals surface area (Å²) >= 11 is 1.37. The Balaban J connectivity index is 1.63. The number of hydrogen-bond donors (Lipinski definition) is 2. The number of hydrogen-bond acceptors (Lipinski definition) is 6. The van der Waals surface area contributed by atoms with Gasteiger partial charge in [-0.1, -0.05) is 36.3 Å². The molecular formula is C24H28N4O3S2. The van der Waals surface area contributed by atoms with Gasteiger partial charge in [0.2, 0.25) is 5.91 Å². The Morgan fingerprint density at radius 3 is 2.45 bits per heavy atom. The molecule has 0 atom stereocenters. The lowest BCUT2D eigenvalue weighted by atomic mass is 10.1. The molecule has 0 unspecified atom stereocenters. The van der Waals surface area contributed by atoms with Gasteiger partial charge in [0.25, 0.3) is 10.0 Å². The van der Waals surface area contributed by atoms with E-state index in [0.717, 1.165) is 47.4 Å². The van der Waals surface area contributed by atoms with Crippen LogP contribution in [-0.4, -0.2) is 24.3 Å². The number of benzene rings is 1. The Morgan fingerprint density at radius 1 is 1.03 bits per heavy atom. The first kappa shape index (κ1) is 23.4. The van der Waals surface area contributed by atoms with E-state index in [1.165, 1.54) is 11.3 Å². The number of nitrogens with zero attached hydrogens (tertiary/aromatic N) is 2. The van der Waals surface area contributed by atoms with E-state index in [2.05, 4.69) is 20.0 Å². The minimum absolute atomic E-state index is 0.0198. The molecule has 3 aromatic rings. The molecule has 4 rings (SSSR count). The smallest absolute Gasteiger partial charge is 0.262 e. The van der Waals surface area contributed by atoms with Crippen LogP contribution in [0.3, 0.4) is 0 Å². The Bertz CT molecular complexity index is 1290. The molecule has 1 aromatic carbocycles. The van der Waals surface area contributed by atoms with Crippen LogP contribution in [0.25, 0.3) is 10.4 Å². The molecule has 0 spiro atoms. The first-order chi connectivity index (χ1) is 15.7. The van der Waals surface area contributed by atoms with Gasteiger partial charge in [0.1, 0.15) is 0 Å². The first-order valence-electron chi connectivity index (χ1n) is 11.0. The van der Waals surface area contributed by atoms with Crippen LogP contribution in [-0.2, 0) is 14.8 Å². The van der Waals surface area contributed by atoms with E-state index in [-0.39, 0.29) is 16.7 Å². The Hall–Kier alpha value is -2.78. The van der Waals surface area contributed by atoms with Crippen LogP contribution in [0.2, 0.25) is 0 Å². The number of nitrogens with one attached hydrogen (secondary N) is 2. The summed E-state index contributed by atoms with van der Waals surface area (Å²) < 4.78 is 29.3. The molecule has 2 N–H and O–H groups in total. The maximum Gasteiger partial charge on any atom is 0.262 e. The second-order valence-corrected chi connectivity index (χ2v) is 11.2. The van der Waals surface area contributed by atoms with Crippen molar-refractivity contribution in [1.82, 2.24) is 9.97 Å². The van der Waals surface area contributed by atoms with Crippen molar-refractivity contribution in [3.8, 4) is 10.4 Å². The molecule has 9 heteroatoms. The molecule has 33 heavy (non-hydrogen) atoms. The van der Waals surface area contributed by atoms with Crippen molar-refractivity contribution in [2.45, 2.75) is 58.3 Å². The summed E-state index contributed by atoms with van der Waals surface area (Å²) in [4.78, 5) is 22.3. The number of amides is 1. The van der Waals surface area contributed by atoms with Crippen LogP contribution >= 0.6 is 11.3 Å². The molecule has 1 amide bonds. The number of aryl methyl sites for hydroxylation is 4. The van der Waals surface area contributed by atoms with Gasteiger partial charge in [-0.25, -0.2) is 13.4 Å². The lowest BCUT2D eigenvalue weighted by Crippen LogP contribution is -2.20. The topological polar surface area (TPSA) is 101 Å². The van der Waals surface area contributed by atoms with Gasteiger partial charge in [0.15, 0.2) is 5.13 Å². The van der Waals surface area contributed by atoms with Crippen molar-refractivity contribution >= 4 is 38.1 Å². The molecule has 1 aliphatic carbocycles. The normalized spacial score (nSPS) is 14.4. The van der Waals surface area contributed by atoms with E-state index in [0.29, 0.717) is 22.1 Å². The summed E-state index contributed by atoms with van der Waals surface area (Å²) in [7, 11) is -3.83. The number of carbonyl (C=O) groups is 1. The number of sulfonamides is 1. The molecule has 0 saturated heterocycles. The molecule has 7 nitrogen and oxygen atoms in total. The summed E-state index contributed by atoms with van der Waals surface area (Å²) in [5.41, 5.74) is 4.06. The second kappa shape index (κ2) is 9.23. The van der Waals surface area contributed by atoms with Crippen LogP contribution in [0.5, 0.6) is 0 Å². The van der Waals surface area contributed by atoms with Gasteiger partial charge in [-0.05, 0) is 69.4 Å². The molecule has 1 aliphatic rings. The fraction of sp³-hybridized carbons (Fsp3) is 0.375. The minimum atomic E-state index is -3.83. The number of anilines is 2. The van der Waals surface area contributed by atoms with Gasteiger partial charge in [-0.15, -0.1) is 0 Å². The summed E-state index contributed by atoms with van der Waals surface area (Å²) in [5.74, 6) is 0.0747. The highest BCUT2D eigenvalue weighted by Crippen LogP contribution is 2.36. The molecule has 174 valence electrons.